The molecule has 0 fully saturated rings. The van der Waals surface area contributed by atoms with Gasteiger partial charge in [0.15, 0.2) is 0 Å². The molecule has 3 nitrogen and oxygen atoms in total. The van der Waals surface area contributed by atoms with Gasteiger partial charge in [0.2, 0.25) is 0 Å². The summed E-state index contributed by atoms with van der Waals surface area (Å²) in [6, 6.07) is 8.02. The number of nitrogens with two attached hydrogens (primary N) is 1. The van der Waals surface area contributed by atoms with E-state index in [4.69, 9.17) is 5.84 Å². The molecule has 0 radical (unpaired) electrons. The monoisotopic (exact) mass is 279 g/mol. The maximum absolute atomic E-state index is 5.53. The summed E-state index contributed by atoms with van der Waals surface area (Å²) in [7, 11) is 0. The number of aryl methyl sites for hydroxylation is 1. The van der Waals surface area contributed by atoms with Crippen LogP contribution in [0.25, 0.3) is 10.9 Å². The number of pyridine rings is 1. The summed E-state index contributed by atoms with van der Waals surface area (Å²) < 4.78 is 1.03. The number of hydrogen-bond donors (Lipinski definition) is 2. The van der Waals surface area contributed by atoms with Gasteiger partial charge in [0.05, 0.1) is 11.2 Å². The molecule has 0 spiro atoms. The van der Waals surface area contributed by atoms with Crippen LogP contribution in [0.4, 0.5) is 5.69 Å². The van der Waals surface area contributed by atoms with E-state index in [0.717, 1.165) is 39.6 Å². The van der Waals surface area contributed by atoms with Crippen LogP contribution in [0.15, 0.2) is 28.7 Å². The Hall–Kier alpha value is -1.13. The smallest absolute Gasteiger partial charge is 0.0737 e. The van der Waals surface area contributed by atoms with E-state index in [1.54, 1.807) is 0 Å². The first-order valence-electron chi connectivity index (χ1n) is 5.30. The lowest BCUT2D eigenvalue weighted by Gasteiger charge is -2.08. The van der Waals surface area contributed by atoms with Crippen molar-refractivity contribution in [2.24, 2.45) is 5.84 Å². The van der Waals surface area contributed by atoms with Gasteiger partial charge in [0.25, 0.3) is 0 Å². The third-order valence-corrected chi connectivity index (χ3v) is 2.98. The average Bonchev–Trinajstić information content (AvgIpc) is 2.27. The number of nitrogen functional groups attached to an aromatic ring is 1. The number of nitrogens with one attached hydrogen (secondary N) is 1. The van der Waals surface area contributed by atoms with Gasteiger partial charge >= 0.3 is 0 Å². The molecule has 1 aromatic heterocycles. The normalized spacial score (nSPS) is 10.7. The highest BCUT2D eigenvalue weighted by molar-refractivity contribution is 9.10. The van der Waals surface area contributed by atoms with Gasteiger partial charge in [-0.3, -0.25) is 10.8 Å². The van der Waals surface area contributed by atoms with Crippen LogP contribution in [-0.2, 0) is 6.42 Å². The lowest BCUT2D eigenvalue weighted by atomic mass is 10.1. The summed E-state index contributed by atoms with van der Waals surface area (Å²) in [5, 5.41) is 1.05. The average molecular weight is 280 g/mol. The van der Waals surface area contributed by atoms with Crippen molar-refractivity contribution in [3.8, 4) is 0 Å². The molecule has 4 heteroatoms. The van der Waals surface area contributed by atoms with E-state index in [1.807, 2.05) is 24.3 Å². The van der Waals surface area contributed by atoms with Crippen LogP contribution in [0, 0.1) is 0 Å². The van der Waals surface area contributed by atoms with Crippen molar-refractivity contribution in [3.63, 3.8) is 0 Å². The molecule has 0 saturated heterocycles. The Morgan fingerprint density at radius 2 is 2.19 bits per heavy atom. The van der Waals surface area contributed by atoms with E-state index in [1.165, 1.54) is 0 Å². The Balaban J connectivity index is 2.63. The summed E-state index contributed by atoms with van der Waals surface area (Å²) in [5.41, 5.74) is 5.70. The number of fused-ring (bicyclic) bond motifs is 1. The molecule has 0 bridgehead atoms. The number of halogens is 1. The number of benzene rings is 1. The van der Waals surface area contributed by atoms with Crippen molar-refractivity contribution in [3.05, 3.63) is 34.4 Å². The highest BCUT2D eigenvalue weighted by atomic mass is 79.9. The summed E-state index contributed by atoms with van der Waals surface area (Å²) >= 11 is 3.45. The zero-order chi connectivity index (χ0) is 11.5. The Morgan fingerprint density at radius 3 is 2.88 bits per heavy atom. The number of aromatic nitrogens is 1. The molecule has 0 aliphatic rings. The molecule has 0 atom stereocenters. The Labute approximate surface area is 103 Å². The fourth-order valence-corrected chi connectivity index (χ4v) is 2.11. The lowest BCUT2D eigenvalue weighted by Crippen LogP contribution is -2.08. The van der Waals surface area contributed by atoms with E-state index >= 15 is 0 Å². The van der Waals surface area contributed by atoms with Gasteiger partial charge in [-0.05, 0) is 30.7 Å². The summed E-state index contributed by atoms with van der Waals surface area (Å²) in [4.78, 5) is 4.61. The molecule has 0 unspecified atom stereocenters. The number of rotatable bonds is 3. The molecule has 16 heavy (non-hydrogen) atoms. The van der Waals surface area contributed by atoms with Gasteiger partial charge in [0.1, 0.15) is 0 Å². The van der Waals surface area contributed by atoms with E-state index in [0.29, 0.717) is 0 Å². The zero-order valence-corrected chi connectivity index (χ0v) is 10.7. The van der Waals surface area contributed by atoms with Crippen molar-refractivity contribution in [1.29, 1.82) is 0 Å². The van der Waals surface area contributed by atoms with E-state index < -0.39 is 0 Å². The molecular weight excluding hydrogens is 266 g/mol. The summed E-state index contributed by atoms with van der Waals surface area (Å²) in [6.07, 6.45) is 2.05. The number of hydrazine groups is 1. The van der Waals surface area contributed by atoms with Gasteiger partial charge < -0.3 is 5.43 Å². The van der Waals surface area contributed by atoms with Gasteiger partial charge in [0, 0.05) is 15.6 Å². The SMILES string of the molecule is CCCc1cc(NN)c2ccc(Br)cc2n1. The number of anilines is 1. The topological polar surface area (TPSA) is 50.9 Å². The summed E-state index contributed by atoms with van der Waals surface area (Å²) in [5.74, 6) is 5.53. The van der Waals surface area contributed by atoms with Gasteiger partial charge in [-0.25, -0.2) is 0 Å². The molecule has 0 saturated carbocycles. The second kappa shape index (κ2) is 4.80. The van der Waals surface area contributed by atoms with Gasteiger partial charge in [-0.15, -0.1) is 0 Å². The van der Waals surface area contributed by atoms with Crippen molar-refractivity contribution < 1.29 is 0 Å². The maximum atomic E-state index is 5.53. The van der Waals surface area contributed by atoms with E-state index in [2.05, 4.69) is 33.3 Å². The standard InChI is InChI=1S/C12H14BrN3/c1-2-3-9-7-12(16-14)10-5-4-8(13)6-11(10)15-9/h4-7H,2-3,14H2,1H3,(H,15,16). The van der Waals surface area contributed by atoms with Crippen LogP contribution in [0.2, 0.25) is 0 Å². The molecule has 2 aromatic rings. The molecule has 3 N–H and O–H groups in total. The minimum atomic E-state index is 0.931. The van der Waals surface area contributed by atoms with Crippen LogP contribution in [0.1, 0.15) is 19.0 Å². The molecular formula is C12H14BrN3. The van der Waals surface area contributed by atoms with Crippen molar-refractivity contribution in [2.45, 2.75) is 19.8 Å². The fourth-order valence-electron chi connectivity index (χ4n) is 1.76. The first-order chi connectivity index (χ1) is 7.74. The minimum Gasteiger partial charge on any atom is -0.323 e. The van der Waals surface area contributed by atoms with Gasteiger partial charge in [-0.1, -0.05) is 29.3 Å². The molecule has 1 heterocycles. The quantitative estimate of drug-likeness (QED) is 0.670. The van der Waals surface area contributed by atoms with Gasteiger partial charge in [-0.2, -0.15) is 0 Å². The minimum absolute atomic E-state index is 0.931. The first-order valence-corrected chi connectivity index (χ1v) is 6.09. The van der Waals surface area contributed by atoms with Crippen LogP contribution in [0.5, 0.6) is 0 Å². The number of nitrogens with zero attached hydrogens (tertiary/aromatic N) is 1. The lowest BCUT2D eigenvalue weighted by molar-refractivity contribution is 0.890. The molecule has 84 valence electrons. The molecule has 0 aliphatic heterocycles. The van der Waals surface area contributed by atoms with Crippen LogP contribution >= 0.6 is 15.9 Å². The Morgan fingerprint density at radius 1 is 1.38 bits per heavy atom. The second-order valence-electron chi connectivity index (χ2n) is 3.72. The zero-order valence-electron chi connectivity index (χ0n) is 9.13. The molecule has 0 amide bonds. The molecule has 2 rings (SSSR count). The fraction of sp³-hybridized carbons (Fsp3) is 0.250. The highest BCUT2D eigenvalue weighted by Gasteiger charge is 2.04. The largest absolute Gasteiger partial charge is 0.323 e. The van der Waals surface area contributed by atoms with Crippen molar-refractivity contribution >= 4 is 32.5 Å². The summed E-state index contributed by atoms with van der Waals surface area (Å²) in [6.45, 7) is 2.14. The molecule has 0 aliphatic carbocycles. The Bertz CT molecular complexity index is 511. The van der Waals surface area contributed by atoms with Crippen LogP contribution < -0.4 is 11.3 Å². The third-order valence-electron chi connectivity index (χ3n) is 2.49. The predicted octanol–water partition coefficient (Wildman–Crippen LogP) is 3.24. The predicted molar refractivity (Wildman–Crippen MR) is 71.2 cm³/mol. The maximum Gasteiger partial charge on any atom is 0.0737 e. The van der Waals surface area contributed by atoms with Crippen LogP contribution in [0.3, 0.4) is 0 Å². The highest BCUT2D eigenvalue weighted by Crippen LogP contribution is 2.25. The van der Waals surface area contributed by atoms with Crippen LogP contribution in [-0.4, -0.2) is 4.98 Å². The Kier molecular flexibility index (Phi) is 3.41. The van der Waals surface area contributed by atoms with Crippen molar-refractivity contribution in [2.75, 3.05) is 5.43 Å². The van der Waals surface area contributed by atoms with Crippen molar-refractivity contribution in [1.82, 2.24) is 4.98 Å². The third kappa shape index (κ3) is 2.18. The molecule has 1 aromatic carbocycles. The van der Waals surface area contributed by atoms with E-state index in [9.17, 15) is 0 Å². The second-order valence-corrected chi connectivity index (χ2v) is 4.63. The number of hydrogen-bond acceptors (Lipinski definition) is 3. The first kappa shape index (κ1) is 11.4. The van der Waals surface area contributed by atoms with E-state index in [-0.39, 0.29) is 0 Å².